The van der Waals surface area contributed by atoms with E-state index in [-0.39, 0.29) is 18.0 Å². The van der Waals surface area contributed by atoms with Crippen LogP contribution in [0.5, 0.6) is 0 Å². The Morgan fingerprint density at radius 1 is 1.12 bits per heavy atom. The van der Waals surface area contributed by atoms with E-state index in [9.17, 15) is 9.90 Å². The first kappa shape index (κ1) is 27.7. The summed E-state index contributed by atoms with van der Waals surface area (Å²) in [6.07, 6.45) is 17.3. The molecular weight excluding hydrogens is 422 g/mol. The summed E-state index contributed by atoms with van der Waals surface area (Å²) >= 11 is 0. The first-order valence-electron chi connectivity index (χ1n) is 14.4. The van der Waals surface area contributed by atoms with Crippen molar-refractivity contribution in [2.24, 2.45) is 28.6 Å². The number of likely N-dealkylation sites (tertiary alicyclic amines) is 1. The Balaban J connectivity index is 1.35. The molecule has 0 amide bonds. The number of allylic oxidation sites excluding steroid dienone is 1. The largest absolute Gasteiger partial charge is 0.466 e. The third-order valence-corrected chi connectivity index (χ3v) is 9.61. The minimum atomic E-state index is -0.0333. The van der Waals surface area contributed by atoms with Crippen LogP contribution in [0.4, 0.5) is 0 Å². The maximum absolute atomic E-state index is 12.4. The highest BCUT2D eigenvalue weighted by Crippen LogP contribution is 2.60. The standard InChI is InChI=1S/C30H53NO3/c1-24(22-28(33)34-21-10-6-5-7-18-31-19-8-9-20-31)12-14-26-25(23-32)13-15-27-29(2,3)16-11-17-30(26,27)4/h13,24,26-27,32H,5-12,14-23H2,1-4H3/t24-,26-,27-,30+/m0/s1. The van der Waals surface area contributed by atoms with Gasteiger partial charge in [-0.2, -0.15) is 0 Å². The number of fused-ring (bicyclic) bond motifs is 1. The van der Waals surface area contributed by atoms with Gasteiger partial charge in [0, 0.05) is 6.42 Å². The van der Waals surface area contributed by atoms with Crippen molar-refractivity contribution in [1.29, 1.82) is 0 Å². The van der Waals surface area contributed by atoms with E-state index >= 15 is 0 Å². The number of carbonyl (C=O) groups excluding carboxylic acids is 1. The summed E-state index contributed by atoms with van der Waals surface area (Å²) in [6, 6.07) is 0. The van der Waals surface area contributed by atoms with Crippen LogP contribution >= 0.6 is 0 Å². The van der Waals surface area contributed by atoms with Crippen molar-refractivity contribution >= 4 is 5.97 Å². The van der Waals surface area contributed by atoms with Crippen molar-refractivity contribution in [2.45, 2.75) is 111 Å². The lowest BCUT2D eigenvalue weighted by molar-refractivity contribution is -0.144. The van der Waals surface area contributed by atoms with E-state index in [1.165, 1.54) is 70.2 Å². The Morgan fingerprint density at radius 2 is 1.85 bits per heavy atom. The average Bonchev–Trinajstić information content (AvgIpc) is 3.30. The van der Waals surface area contributed by atoms with Crippen molar-refractivity contribution < 1.29 is 14.6 Å². The number of hydrogen-bond acceptors (Lipinski definition) is 4. The van der Waals surface area contributed by atoms with E-state index in [1.54, 1.807) is 0 Å². The first-order valence-corrected chi connectivity index (χ1v) is 14.4. The molecule has 0 aromatic carbocycles. The van der Waals surface area contributed by atoms with Crippen LogP contribution in [0, 0.1) is 28.6 Å². The highest BCUT2D eigenvalue weighted by Gasteiger charge is 2.52. The Hall–Kier alpha value is -0.870. The molecule has 0 spiro atoms. The van der Waals surface area contributed by atoms with Crippen LogP contribution in [-0.4, -0.2) is 48.8 Å². The second-order valence-electron chi connectivity index (χ2n) is 12.7. The van der Waals surface area contributed by atoms with Crippen LogP contribution < -0.4 is 0 Å². The molecule has 0 aromatic heterocycles. The predicted octanol–water partition coefficient (Wildman–Crippen LogP) is 6.76. The minimum absolute atomic E-state index is 0.0333. The highest BCUT2D eigenvalue weighted by molar-refractivity contribution is 5.69. The molecule has 2 aliphatic carbocycles. The quantitative estimate of drug-likeness (QED) is 0.181. The number of aliphatic hydroxyl groups is 1. The molecule has 0 radical (unpaired) electrons. The van der Waals surface area contributed by atoms with E-state index < -0.39 is 0 Å². The number of esters is 1. The van der Waals surface area contributed by atoms with Crippen molar-refractivity contribution in [3.8, 4) is 0 Å². The Bertz CT molecular complexity index is 666. The second-order valence-corrected chi connectivity index (χ2v) is 12.7. The summed E-state index contributed by atoms with van der Waals surface area (Å²) in [4.78, 5) is 15.0. The highest BCUT2D eigenvalue weighted by atomic mass is 16.5. The molecule has 196 valence electrons. The van der Waals surface area contributed by atoms with Gasteiger partial charge < -0.3 is 14.7 Å². The number of carbonyl (C=O) groups is 1. The maximum Gasteiger partial charge on any atom is 0.306 e. The van der Waals surface area contributed by atoms with Crippen LogP contribution in [0.25, 0.3) is 0 Å². The van der Waals surface area contributed by atoms with Crippen LogP contribution in [0.2, 0.25) is 0 Å². The predicted molar refractivity (Wildman–Crippen MR) is 141 cm³/mol. The topological polar surface area (TPSA) is 49.8 Å². The van der Waals surface area contributed by atoms with Crippen molar-refractivity contribution in [3.05, 3.63) is 11.6 Å². The van der Waals surface area contributed by atoms with Crippen LogP contribution in [-0.2, 0) is 9.53 Å². The normalized spacial score (nSPS) is 30.0. The van der Waals surface area contributed by atoms with Gasteiger partial charge in [-0.3, -0.25) is 4.79 Å². The van der Waals surface area contributed by atoms with Crippen LogP contribution in [0.3, 0.4) is 0 Å². The Kier molecular flexibility index (Phi) is 10.5. The zero-order valence-electron chi connectivity index (χ0n) is 22.7. The zero-order valence-corrected chi connectivity index (χ0v) is 22.7. The van der Waals surface area contributed by atoms with Crippen LogP contribution in [0.15, 0.2) is 11.6 Å². The number of ether oxygens (including phenoxy) is 1. The lowest BCUT2D eigenvalue weighted by Gasteiger charge is -2.57. The molecule has 1 N–H and O–H groups in total. The Labute approximate surface area is 209 Å². The number of nitrogens with zero attached hydrogens (tertiary/aromatic N) is 1. The van der Waals surface area contributed by atoms with Gasteiger partial charge in [0.05, 0.1) is 13.2 Å². The van der Waals surface area contributed by atoms with Gasteiger partial charge in [-0.15, -0.1) is 0 Å². The number of unbranched alkanes of at least 4 members (excludes halogenated alkanes) is 3. The SMILES string of the molecule is C[C@@H](CC[C@H]1C(CO)=CC[C@H]2C(C)(C)CCC[C@]12C)CC(=O)OCCCCCCN1CCCC1. The van der Waals surface area contributed by atoms with Gasteiger partial charge in [0.15, 0.2) is 0 Å². The fraction of sp³-hybridized carbons (Fsp3) is 0.900. The zero-order chi connectivity index (χ0) is 24.6. The fourth-order valence-electron chi connectivity index (χ4n) is 7.58. The van der Waals surface area contributed by atoms with Gasteiger partial charge in [0.2, 0.25) is 0 Å². The molecule has 0 aromatic rings. The smallest absolute Gasteiger partial charge is 0.306 e. The number of hydrogen-bond donors (Lipinski definition) is 1. The van der Waals surface area contributed by atoms with E-state index in [0.29, 0.717) is 36.2 Å². The molecule has 4 nitrogen and oxygen atoms in total. The molecule has 2 fully saturated rings. The summed E-state index contributed by atoms with van der Waals surface area (Å²) in [6.45, 7) is 14.1. The van der Waals surface area contributed by atoms with E-state index in [0.717, 1.165) is 32.1 Å². The second kappa shape index (κ2) is 12.9. The Morgan fingerprint density at radius 3 is 2.59 bits per heavy atom. The minimum Gasteiger partial charge on any atom is -0.466 e. The third-order valence-electron chi connectivity index (χ3n) is 9.61. The summed E-state index contributed by atoms with van der Waals surface area (Å²) in [7, 11) is 0. The van der Waals surface area contributed by atoms with Crippen molar-refractivity contribution in [3.63, 3.8) is 0 Å². The summed E-state index contributed by atoms with van der Waals surface area (Å²) in [5.74, 6) is 1.42. The molecule has 0 unspecified atom stereocenters. The number of rotatable bonds is 13. The monoisotopic (exact) mass is 475 g/mol. The van der Waals surface area contributed by atoms with Gasteiger partial charge in [0.1, 0.15) is 0 Å². The van der Waals surface area contributed by atoms with Gasteiger partial charge >= 0.3 is 5.97 Å². The average molecular weight is 476 g/mol. The molecule has 1 saturated heterocycles. The lowest BCUT2D eigenvalue weighted by atomic mass is 9.48. The number of aliphatic hydroxyl groups excluding tert-OH is 1. The molecule has 4 atom stereocenters. The van der Waals surface area contributed by atoms with Gasteiger partial charge in [-0.1, -0.05) is 53.0 Å². The third kappa shape index (κ3) is 7.32. The van der Waals surface area contributed by atoms with Crippen molar-refractivity contribution in [2.75, 3.05) is 32.8 Å². The first-order chi connectivity index (χ1) is 16.3. The lowest BCUT2D eigenvalue weighted by Crippen LogP contribution is -2.49. The van der Waals surface area contributed by atoms with E-state index in [2.05, 4.69) is 38.7 Å². The van der Waals surface area contributed by atoms with Gasteiger partial charge in [-0.25, -0.2) is 0 Å². The fourth-order valence-corrected chi connectivity index (χ4v) is 7.58. The molecule has 1 saturated carbocycles. The summed E-state index contributed by atoms with van der Waals surface area (Å²) in [5.41, 5.74) is 1.88. The maximum atomic E-state index is 12.4. The molecule has 1 aliphatic heterocycles. The summed E-state index contributed by atoms with van der Waals surface area (Å²) in [5, 5.41) is 10.1. The van der Waals surface area contributed by atoms with Gasteiger partial charge in [0.25, 0.3) is 0 Å². The molecule has 4 heteroatoms. The molecule has 3 aliphatic rings. The van der Waals surface area contributed by atoms with E-state index in [1.807, 2.05) is 0 Å². The van der Waals surface area contributed by atoms with Crippen LogP contribution in [0.1, 0.15) is 111 Å². The molecule has 1 heterocycles. The molecule has 0 bridgehead atoms. The molecule has 3 rings (SSSR count). The van der Waals surface area contributed by atoms with Crippen molar-refractivity contribution in [1.82, 2.24) is 4.90 Å². The van der Waals surface area contributed by atoms with E-state index in [4.69, 9.17) is 4.74 Å². The summed E-state index contributed by atoms with van der Waals surface area (Å²) < 4.78 is 5.56. The molecular formula is C30H53NO3. The molecule has 34 heavy (non-hydrogen) atoms. The van der Waals surface area contributed by atoms with Gasteiger partial charge in [-0.05, 0) is 112 Å².